The molecule has 0 aliphatic carbocycles. The van der Waals surface area contributed by atoms with E-state index in [1.807, 2.05) is 0 Å². The Bertz CT molecular complexity index is 240. The first kappa shape index (κ1) is 24.7. The maximum absolute atomic E-state index is 3.90. The lowest BCUT2D eigenvalue weighted by atomic mass is 10.0. The van der Waals surface area contributed by atoms with E-state index in [-0.39, 0.29) is 0 Å². The number of allylic oxidation sites excluding steroid dienone is 2. The summed E-state index contributed by atoms with van der Waals surface area (Å²) in [7, 11) is 0. The van der Waals surface area contributed by atoms with Crippen LogP contribution in [0.5, 0.6) is 0 Å². The lowest BCUT2D eigenvalue weighted by Gasteiger charge is -2.02. The quantitative estimate of drug-likeness (QED) is 0.143. The van der Waals surface area contributed by atoms with E-state index in [4.69, 9.17) is 0 Å². The van der Waals surface area contributed by atoms with Crippen molar-refractivity contribution in [2.75, 3.05) is 0 Å². The van der Waals surface area contributed by atoms with Crippen molar-refractivity contribution in [2.45, 2.75) is 135 Å². The van der Waals surface area contributed by atoms with Gasteiger partial charge in [0.05, 0.1) is 0 Å². The zero-order valence-electron chi connectivity index (χ0n) is 17.4. The van der Waals surface area contributed by atoms with Gasteiger partial charge in [0.25, 0.3) is 0 Å². The van der Waals surface area contributed by atoms with Crippen molar-refractivity contribution < 1.29 is 0 Å². The molecule has 0 heteroatoms. The van der Waals surface area contributed by atoms with Crippen LogP contribution >= 0.6 is 0 Å². The van der Waals surface area contributed by atoms with Crippen molar-refractivity contribution in [3.8, 4) is 0 Å². The summed E-state index contributed by atoms with van der Waals surface area (Å²) in [5.74, 6) is 0. The molecule has 0 bridgehead atoms. The molecule has 0 aliphatic heterocycles. The van der Waals surface area contributed by atoms with Crippen molar-refractivity contribution in [3.63, 3.8) is 0 Å². The van der Waals surface area contributed by atoms with Crippen LogP contribution in [-0.4, -0.2) is 0 Å². The van der Waals surface area contributed by atoms with Gasteiger partial charge in [-0.05, 0) is 25.7 Å². The SMILES string of the molecule is [CH2]CCCCCCCCC/C=C/CCCCCCCCCCCC[CH2]. The van der Waals surface area contributed by atoms with Crippen molar-refractivity contribution in [3.05, 3.63) is 26.0 Å². The molecule has 0 rings (SSSR count). The Morgan fingerprint density at radius 1 is 0.320 bits per heavy atom. The molecule has 0 N–H and O–H groups in total. The molecule has 0 atom stereocenters. The second-order valence-corrected chi connectivity index (χ2v) is 7.77. The highest BCUT2D eigenvalue weighted by Gasteiger charge is 1.93. The van der Waals surface area contributed by atoms with Gasteiger partial charge in [-0.3, -0.25) is 0 Å². The molecule has 25 heavy (non-hydrogen) atoms. The predicted octanol–water partition coefficient (Wildman–Crippen LogP) is 9.40. The van der Waals surface area contributed by atoms with Crippen LogP contribution in [0, 0.1) is 13.8 Å². The Morgan fingerprint density at radius 3 is 0.840 bits per heavy atom. The summed E-state index contributed by atoms with van der Waals surface area (Å²) in [6.07, 6.45) is 33.7. The highest BCUT2D eigenvalue weighted by atomic mass is 14.0. The molecule has 0 saturated heterocycles. The summed E-state index contributed by atoms with van der Waals surface area (Å²) < 4.78 is 0. The summed E-state index contributed by atoms with van der Waals surface area (Å²) >= 11 is 0. The van der Waals surface area contributed by atoms with Gasteiger partial charge >= 0.3 is 0 Å². The largest absolute Gasteiger partial charge is 0.0885 e. The minimum atomic E-state index is 1.11. The second-order valence-electron chi connectivity index (χ2n) is 7.77. The third-order valence-corrected chi connectivity index (χ3v) is 5.16. The van der Waals surface area contributed by atoms with Crippen LogP contribution < -0.4 is 0 Å². The topological polar surface area (TPSA) is 0 Å². The fraction of sp³-hybridized carbons (Fsp3) is 0.840. The zero-order valence-corrected chi connectivity index (χ0v) is 17.4. The van der Waals surface area contributed by atoms with Gasteiger partial charge in [-0.2, -0.15) is 0 Å². The number of hydrogen-bond donors (Lipinski definition) is 0. The summed E-state index contributed by atoms with van der Waals surface area (Å²) in [5.41, 5.74) is 0. The van der Waals surface area contributed by atoms with E-state index in [0.29, 0.717) is 0 Å². The number of hydrogen-bond acceptors (Lipinski definition) is 0. The molecule has 2 radical (unpaired) electrons. The van der Waals surface area contributed by atoms with Gasteiger partial charge in [0.1, 0.15) is 0 Å². The average molecular weight is 349 g/mol. The Kier molecular flexibility index (Phi) is 23.5. The van der Waals surface area contributed by atoms with Crippen molar-refractivity contribution >= 4 is 0 Å². The smallest absolute Gasteiger partial charge is 0.0351 e. The number of unbranched alkanes of at least 4 members (excludes halogenated alkanes) is 19. The lowest BCUT2D eigenvalue weighted by molar-refractivity contribution is 0.553. The van der Waals surface area contributed by atoms with Crippen LogP contribution in [0.15, 0.2) is 12.2 Å². The molecule has 0 heterocycles. The Labute approximate surface area is 161 Å². The number of rotatable bonds is 21. The summed E-state index contributed by atoms with van der Waals surface area (Å²) in [6.45, 7) is 7.80. The standard InChI is InChI=1S/C25H48/c1-3-5-7-9-11-13-15-17-19-21-23-25-24-22-20-18-16-14-12-10-8-6-4-2/h21,23H,1-20,22,24-25H2/b23-21+. The molecule has 0 aromatic carbocycles. The Balaban J connectivity index is 3.04. The highest BCUT2D eigenvalue weighted by Crippen LogP contribution is 2.13. The van der Waals surface area contributed by atoms with Gasteiger partial charge in [-0.1, -0.05) is 135 Å². The Morgan fingerprint density at radius 2 is 0.560 bits per heavy atom. The molecule has 0 spiro atoms. The molecule has 0 saturated carbocycles. The summed E-state index contributed by atoms with van der Waals surface area (Å²) in [6, 6.07) is 0. The first-order chi connectivity index (χ1) is 12.4. The van der Waals surface area contributed by atoms with E-state index in [9.17, 15) is 0 Å². The van der Waals surface area contributed by atoms with Gasteiger partial charge in [0, 0.05) is 0 Å². The molecule has 0 fully saturated rings. The van der Waals surface area contributed by atoms with Crippen LogP contribution in [0.3, 0.4) is 0 Å². The third kappa shape index (κ3) is 23.7. The first-order valence-corrected chi connectivity index (χ1v) is 11.6. The molecular weight excluding hydrogens is 300 g/mol. The maximum Gasteiger partial charge on any atom is -0.0351 e. The molecule has 0 unspecified atom stereocenters. The summed E-state index contributed by atoms with van der Waals surface area (Å²) in [5, 5.41) is 0. The van der Waals surface area contributed by atoms with E-state index >= 15 is 0 Å². The van der Waals surface area contributed by atoms with Crippen LogP contribution in [0.25, 0.3) is 0 Å². The molecule has 148 valence electrons. The van der Waals surface area contributed by atoms with E-state index in [2.05, 4.69) is 26.0 Å². The normalized spacial score (nSPS) is 11.6. The molecular formula is C25H48. The molecule has 0 aromatic heterocycles. The van der Waals surface area contributed by atoms with Crippen molar-refractivity contribution in [1.29, 1.82) is 0 Å². The van der Waals surface area contributed by atoms with Crippen molar-refractivity contribution in [1.82, 2.24) is 0 Å². The van der Waals surface area contributed by atoms with Gasteiger partial charge in [-0.25, -0.2) is 0 Å². The van der Waals surface area contributed by atoms with Gasteiger partial charge < -0.3 is 0 Å². The predicted molar refractivity (Wildman–Crippen MR) is 117 cm³/mol. The third-order valence-electron chi connectivity index (χ3n) is 5.16. The van der Waals surface area contributed by atoms with E-state index in [0.717, 1.165) is 12.8 Å². The zero-order chi connectivity index (χ0) is 18.3. The minimum absolute atomic E-state index is 1.11. The Hall–Kier alpha value is -0.260. The van der Waals surface area contributed by atoms with Crippen LogP contribution in [-0.2, 0) is 0 Å². The van der Waals surface area contributed by atoms with E-state index < -0.39 is 0 Å². The molecule has 0 aliphatic rings. The fourth-order valence-corrected chi connectivity index (χ4v) is 3.41. The van der Waals surface area contributed by atoms with E-state index in [1.165, 1.54) is 122 Å². The second kappa shape index (κ2) is 23.7. The average Bonchev–Trinajstić information content (AvgIpc) is 2.63. The monoisotopic (exact) mass is 348 g/mol. The van der Waals surface area contributed by atoms with Crippen LogP contribution in [0.1, 0.15) is 135 Å². The minimum Gasteiger partial charge on any atom is -0.0885 e. The lowest BCUT2D eigenvalue weighted by Crippen LogP contribution is -1.82. The highest BCUT2D eigenvalue weighted by molar-refractivity contribution is 4.81. The van der Waals surface area contributed by atoms with Crippen molar-refractivity contribution in [2.24, 2.45) is 0 Å². The molecule has 0 nitrogen and oxygen atoms in total. The van der Waals surface area contributed by atoms with E-state index in [1.54, 1.807) is 0 Å². The van der Waals surface area contributed by atoms with Gasteiger partial charge in [-0.15, -0.1) is 0 Å². The van der Waals surface area contributed by atoms with Crippen LogP contribution in [0.2, 0.25) is 0 Å². The molecule has 0 aromatic rings. The van der Waals surface area contributed by atoms with Gasteiger partial charge in [0.15, 0.2) is 0 Å². The summed E-state index contributed by atoms with van der Waals surface area (Å²) in [4.78, 5) is 0. The van der Waals surface area contributed by atoms with Crippen LogP contribution in [0.4, 0.5) is 0 Å². The first-order valence-electron chi connectivity index (χ1n) is 11.6. The maximum atomic E-state index is 3.90. The fourth-order valence-electron chi connectivity index (χ4n) is 3.41. The van der Waals surface area contributed by atoms with Gasteiger partial charge in [0.2, 0.25) is 0 Å². The molecule has 0 amide bonds.